The predicted octanol–water partition coefficient (Wildman–Crippen LogP) is 1.19. The van der Waals surface area contributed by atoms with E-state index in [-0.39, 0.29) is 0 Å². The van der Waals surface area contributed by atoms with Gasteiger partial charge in [0, 0.05) is 19.1 Å². The van der Waals surface area contributed by atoms with Crippen LogP contribution in [0.15, 0.2) is 0 Å². The summed E-state index contributed by atoms with van der Waals surface area (Å²) in [4.78, 5) is 19.6. The van der Waals surface area contributed by atoms with Gasteiger partial charge in [0.25, 0.3) is 0 Å². The summed E-state index contributed by atoms with van der Waals surface area (Å²) in [6.45, 7) is 8.12. The summed E-state index contributed by atoms with van der Waals surface area (Å²) in [5, 5.41) is 0. The molecule has 1 fully saturated rings. The van der Waals surface area contributed by atoms with E-state index in [2.05, 4.69) is 23.6 Å². The molecule has 2 N–H and O–H groups in total. The molecule has 0 aromatic rings. The van der Waals surface area contributed by atoms with Crippen molar-refractivity contribution in [3.05, 3.63) is 0 Å². The molecule has 1 aliphatic heterocycles. The van der Waals surface area contributed by atoms with Gasteiger partial charge in [-0.2, -0.15) is 5.90 Å². The average Bonchev–Trinajstić information content (AvgIpc) is 2.35. The molecule has 0 atom stereocenters. The third kappa shape index (κ3) is 3.35. The Hall–Kier alpha value is -0.810. The van der Waals surface area contributed by atoms with Gasteiger partial charge >= 0.3 is 6.09 Å². The average molecular weight is 229 g/mol. The standard InChI is InChI=1S/C11H23N3O2/c1-3-7-13(4-2)10-5-8-14(9-6-10)11(15)16-12/h10H,3-9,12H2,1-2H3. The van der Waals surface area contributed by atoms with E-state index >= 15 is 0 Å². The summed E-state index contributed by atoms with van der Waals surface area (Å²) in [6.07, 6.45) is 2.81. The molecule has 0 aromatic carbocycles. The van der Waals surface area contributed by atoms with Crippen molar-refractivity contribution in [2.45, 2.75) is 39.2 Å². The molecule has 16 heavy (non-hydrogen) atoms. The first-order valence-corrected chi connectivity index (χ1v) is 6.12. The first-order chi connectivity index (χ1) is 7.72. The van der Waals surface area contributed by atoms with Crippen LogP contribution in [0.2, 0.25) is 0 Å². The van der Waals surface area contributed by atoms with Crippen LogP contribution in [-0.2, 0) is 4.84 Å². The van der Waals surface area contributed by atoms with E-state index in [1.54, 1.807) is 4.90 Å². The Balaban J connectivity index is 2.38. The third-order valence-electron chi connectivity index (χ3n) is 3.26. The van der Waals surface area contributed by atoms with Crippen molar-refractivity contribution >= 4 is 6.09 Å². The van der Waals surface area contributed by atoms with Gasteiger partial charge < -0.3 is 14.6 Å². The van der Waals surface area contributed by atoms with Gasteiger partial charge in [-0.15, -0.1) is 0 Å². The van der Waals surface area contributed by atoms with Crippen molar-refractivity contribution < 1.29 is 9.63 Å². The van der Waals surface area contributed by atoms with Crippen LogP contribution in [0, 0.1) is 0 Å². The van der Waals surface area contributed by atoms with E-state index in [1.807, 2.05) is 0 Å². The van der Waals surface area contributed by atoms with Crippen molar-refractivity contribution in [1.82, 2.24) is 9.80 Å². The van der Waals surface area contributed by atoms with Crippen molar-refractivity contribution in [2.75, 3.05) is 26.2 Å². The molecule has 1 aliphatic rings. The van der Waals surface area contributed by atoms with Gasteiger partial charge in [-0.05, 0) is 32.4 Å². The molecule has 1 heterocycles. The van der Waals surface area contributed by atoms with Crippen molar-refractivity contribution in [3.63, 3.8) is 0 Å². The maximum Gasteiger partial charge on any atom is 0.428 e. The number of piperidine rings is 1. The van der Waals surface area contributed by atoms with E-state index in [1.165, 1.54) is 6.42 Å². The highest BCUT2D eigenvalue weighted by atomic mass is 16.7. The Bertz CT molecular complexity index is 215. The monoisotopic (exact) mass is 229 g/mol. The molecule has 1 amide bonds. The molecule has 94 valence electrons. The summed E-state index contributed by atoms with van der Waals surface area (Å²) >= 11 is 0. The van der Waals surface area contributed by atoms with E-state index in [4.69, 9.17) is 5.90 Å². The number of carbonyl (C=O) groups excluding carboxylic acids is 1. The maximum atomic E-state index is 11.2. The second-order valence-corrected chi connectivity index (χ2v) is 4.23. The zero-order valence-corrected chi connectivity index (χ0v) is 10.3. The number of carbonyl (C=O) groups is 1. The fourth-order valence-electron chi connectivity index (χ4n) is 2.37. The van der Waals surface area contributed by atoms with Crippen molar-refractivity contribution in [1.29, 1.82) is 0 Å². The van der Waals surface area contributed by atoms with Crippen LogP contribution in [0.5, 0.6) is 0 Å². The third-order valence-corrected chi connectivity index (χ3v) is 3.26. The first kappa shape index (κ1) is 13.3. The number of rotatable bonds is 4. The van der Waals surface area contributed by atoms with Crippen LogP contribution in [0.4, 0.5) is 4.79 Å². The molecule has 5 nitrogen and oxygen atoms in total. The predicted molar refractivity (Wildman–Crippen MR) is 62.8 cm³/mol. The van der Waals surface area contributed by atoms with E-state index < -0.39 is 6.09 Å². The maximum absolute atomic E-state index is 11.2. The molecular weight excluding hydrogens is 206 g/mol. The fourth-order valence-corrected chi connectivity index (χ4v) is 2.37. The Kier molecular flexibility index (Phi) is 5.55. The number of amides is 1. The topological polar surface area (TPSA) is 58.8 Å². The molecule has 1 rings (SSSR count). The van der Waals surface area contributed by atoms with Crippen LogP contribution in [0.25, 0.3) is 0 Å². The summed E-state index contributed by atoms with van der Waals surface area (Å²) in [5.41, 5.74) is 0. The molecule has 0 aliphatic carbocycles. The normalized spacial score (nSPS) is 17.9. The fraction of sp³-hybridized carbons (Fsp3) is 0.909. The number of hydrogen-bond donors (Lipinski definition) is 1. The zero-order chi connectivity index (χ0) is 12.0. The van der Waals surface area contributed by atoms with Crippen molar-refractivity contribution in [3.8, 4) is 0 Å². The largest absolute Gasteiger partial charge is 0.428 e. The molecule has 1 saturated heterocycles. The molecule has 0 spiro atoms. The van der Waals surface area contributed by atoms with Gasteiger partial charge in [0.05, 0.1) is 0 Å². The minimum Gasteiger partial charge on any atom is -0.357 e. The SMILES string of the molecule is CCCN(CC)C1CCN(C(=O)ON)CC1. The van der Waals surface area contributed by atoms with E-state index in [0.717, 1.165) is 39.0 Å². The Morgan fingerprint density at radius 3 is 2.50 bits per heavy atom. The molecule has 0 bridgehead atoms. The lowest BCUT2D eigenvalue weighted by molar-refractivity contribution is 0.0732. The summed E-state index contributed by atoms with van der Waals surface area (Å²) in [5.74, 6) is 4.87. The first-order valence-electron chi connectivity index (χ1n) is 6.12. The summed E-state index contributed by atoms with van der Waals surface area (Å²) in [7, 11) is 0. The van der Waals surface area contributed by atoms with Crippen LogP contribution < -0.4 is 5.90 Å². The van der Waals surface area contributed by atoms with E-state index in [9.17, 15) is 4.79 Å². The zero-order valence-electron chi connectivity index (χ0n) is 10.3. The number of nitrogens with zero attached hydrogens (tertiary/aromatic N) is 2. The Morgan fingerprint density at radius 2 is 2.06 bits per heavy atom. The smallest absolute Gasteiger partial charge is 0.357 e. The molecule has 0 unspecified atom stereocenters. The summed E-state index contributed by atoms with van der Waals surface area (Å²) in [6, 6.07) is 0.603. The second-order valence-electron chi connectivity index (χ2n) is 4.23. The quantitative estimate of drug-likeness (QED) is 0.736. The Morgan fingerprint density at radius 1 is 1.44 bits per heavy atom. The van der Waals surface area contributed by atoms with E-state index in [0.29, 0.717) is 6.04 Å². The highest BCUT2D eigenvalue weighted by Crippen LogP contribution is 2.17. The number of likely N-dealkylation sites (tertiary alicyclic amines) is 1. The van der Waals surface area contributed by atoms with Crippen LogP contribution in [0.3, 0.4) is 0 Å². The van der Waals surface area contributed by atoms with Gasteiger partial charge in [-0.3, -0.25) is 0 Å². The molecule has 0 saturated carbocycles. The minimum absolute atomic E-state index is 0.406. The van der Waals surface area contributed by atoms with Crippen LogP contribution >= 0.6 is 0 Å². The highest BCUT2D eigenvalue weighted by molar-refractivity contribution is 5.67. The van der Waals surface area contributed by atoms with Gasteiger partial charge in [0.2, 0.25) is 0 Å². The number of nitrogens with two attached hydrogens (primary N) is 1. The van der Waals surface area contributed by atoms with Crippen LogP contribution in [0.1, 0.15) is 33.1 Å². The van der Waals surface area contributed by atoms with Gasteiger partial charge in [0.1, 0.15) is 0 Å². The molecule has 5 heteroatoms. The highest BCUT2D eigenvalue weighted by Gasteiger charge is 2.26. The minimum atomic E-state index is -0.406. The number of hydrogen-bond acceptors (Lipinski definition) is 4. The molecule has 0 aromatic heterocycles. The van der Waals surface area contributed by atoms with Crippen LogP contribution in [-0.4, -0.2) is 48.1 Å². The van der Waals surface area contributed by atoms with Crippen molar-refractivity contribution in [2.24, 2.45) is 5.90 Å². The van der Waals surface area contributed by atoms with Gasteiger partial charge in [0.15, 0.2) is 0 Å². The lowest BCUT2D eigenvalue weighted by Crippen LogP contribution is -2.47. The summed E-state index contributed by atoms with van der Waals surface area (Å²) < 4.78 is 0. The van der Waals surface area contributed by atoms with Gasteiger partial charge in [-0.25, -0.2) is 4.79 Å². The lowest BCUT2D eigenvalue weighted by Gasteiger charge is -2.37. The lowest BCUT2D eigenvalue weighted by atomic mass is 10.0. The molecule has 0 radical (unpaired) electrons. The van der Waals surface area contributed by atoms with Gasteiger partial charge in [-0.1, -0.05) is 13.8 Å². The Labute approximate surface area is 97.5 Å². The second kappa shape index (κ2) is 6.70. The molecular formula is C11H23N3O2.